The third kappa shape index (κ3) is 4.51. The molecule has 1 fully saturated rings. The smallest absolute Gasteiger partial charge is 0.433 e. The molecule has 27 heavy (non-hydrogen) atoms. The van der Waals surface area contributed by atoms with Crippen molar-refractivity contribution in [2.75, 3.05) is 6.61 Å². The van der Waals surface area contributed by atoms with Crippen molar-refractivity contribution in [1.29, 1.82) is 0 Å². The van der Waals surface area contributed by atoms with Crippen molar-refractivity contribution in [1.82, 2.24) is 10.4 Å². The second kappa shape index (κ2) is 8.01. The number of carbonyl (C=O) groups excluding carboxylic acids is 2. The molecule has 0 aliphatic carbocycles. The van der Waals surface area contributed by atoms with E-state index in [4.69, 9.17) is 21.4 Å². The molecule has 1 aromatic heterocycles. The average molecular weight is 405 g/mol. The fraction of sp³-hybridized carbons (Fsp3) is 0.0625. The van der Waals surface area contributed by atoms with E-state index in [1.807, 2.05) is 6.07 Å². The molecule has 2 aromatic rings. The van der Waals surface area contributed by atoms with Crippen LogP contribution in [-0.4, -0.2) is 32.7 Å². The Hall–Kier alpha value is -3.18. The summed E-state index contributed by atoms with van der Waals surface area (Å²) in [5, 5.41) is 11.6. The van der Waals surface area contributed by atoms with E-state index in [9.17, 15) is 19.7 Å². The molecule has 1 aliphatic rings. The Kier molecular flexibility index (Phi) is 5.52. The van der Waals surface area contributed by atoms with Crippen molar-refractivity contribution >= 4 is 52.1 Å². The Bertz CT molecular complexity index is 941. The van der Waals surface area contributed by atoms with Crippen LogP contribution in [0.1, 0.15) is 5.76 Å². The van der Waals surface area contributed by atoms with Gasteiger partial charge in [0.1, 0.15) is 16.4 Å². The second-order valence-corrected chi connectivity index (χ2v) is 6.76. The number of hydrazine groups is 1. The van der Waals surface area contributed by atoms with Crippen LogP contribution in [0.2, 0.25) is 0 Å². The molecule has 1 aliphatic heterocycles. The summed E-state index contributed by atoms with van der Waals surface area (Å²) in [5.74, 6) is -0.941. The number of para-hydroxylation sites is 1. The van der Waals surface area contributed by atoms with E-state index < -0.39 is 22.6 Å². The normalized spacial score (nSPS) is 15.3. The maximum atomic E-state index is 12.4. The summed E-state index contributed by atoms with van der Waals surface area (Å²) in [6, 6.07) is 11.3. The van der Waals surface area contributed by atoms with Gasteiger partial charge >= 0.3 is 5.88 Å². The monoisotopic (exact) mass is 405 g/mol. The van der Waals surface area contributed by atoms with Crippen molar-refractivity contribution < 1.29 is 23.7 Å². The lowest BCUT2D eigenvalue weighted by Gasteiger charge is -2.15. The molecule has 0 spiro atoms. The van der Waals surface area contributed by atoms with Crippen LogP contribution < -0.4 is 10.2 Å². The van der Waals surface area contributed by atoms with Gasteiger partial charge in [-0.2, -0.15) is 5.01 Å². The average Bonchev–Trinajstić information content (AvgIpc) is 3.22. The zero-order chi connectivity index (χ0) is 19.4. The van der Waals surface area contributed by atoms with Gasteiger partial charge in [-0.05, 0) is 30.4 Å². The number of furan rings is 1. The number of ether oxygens (including phenoxy) is 1. The van der Waals surface area contributed by atoms with E-state index in [-0.39, 0.29) is 21.6 Å². The molecule has 9 nitrogen and oxygen atoms in total. The maximum absolute atomic E-state index is 12.4. The SMILES string of the molecule is O=C(COc1ccccc1)NN1C(=O)/C(=C/c2ccc([N+](=O)[O-])o2)SC1=S. The van der Waals surface area contributed by atoms with Gasteiger partial charge in [0, 0.05) is 6.08 Å². The van der Waals surface area contributed by atoms with Crippen molar-refractivity contribution in [2.24, 2.45) is 0 Å². The number of thioether (sulfide) groups is 1. The number of hydrogen-bond donors (Lipinski definition) is 1. The zero-order valence-electron chi connectivity index (χ0n) is 13.5. The third-order valence-corrected chi connectivity index (χ3v) is 4.51. The fourth-order valence-electron chi connectivity index (χ4n) is 2.03. The Labute approximate surface area is 162 Å². The molecule has 0 radical (unpaired) electrons. The van der Waals surface area contributed by atoms with E-state index in [1.165, 1.54) is 18.2 Å². The minimum atomic E-state index is -0.685. The van der Waals surface area contributed by atoms with Crippen LogP contribution in [-0.2, 0) is 9.59 Å². The first-order chi connectivity index (χ1) is 12.9. The number of nitrogens with one attached hydrogen (secondary N) is 1. The molecule has 0 atom stereocenters. The first-order valence-electron chi connectivity index (χ1n) is 7.43. The molecule has 2 heterocycles. The molecule has 1 saturated heterocycles. The summed E-state index contributed by atoms with van der Waals surface area (Å²) in [6.07, 6.45) is 1.32. The van der Waals surface area contributed by atoms with E-state index in [1.54, 1.807) is 24.3 Å². The van der Waals surface area contributed by atoms with Crippen LogP contribution in [0.15, 0.2) is 51.8 Å². The van der Waals surface area contributed by atoms with Crippen molar-refractivity contribution in [3.63, 3.8) is 0 Å². The topological polar surface area (TPSA) is 115 Å². The highest BCUT2D eigenvalue weighted by Gasteiger charge is 2.34. The van der Waals surface area contributed by atoms with Crippen LogP contribution in [0.5, 0.6) is 5.75 Å². The number of amides is 2. The molecular formula is C16H11N3O6S2. The van der Waals surface area contributed by atoms with Crippen LogP contribution in [0.25, 0.3) is 6.08 Å². The Morgan fingerprint density at radius 2 is 2.07 bits per heavy atom. The third-order valence-electron chi connectivity index (χ3n) is 3.21. The molecule has 1 N–H and O–H groups in total. The number of nitrogens with zero attached hydrogens (tertiary/aromatic N) is 2. The van der Waals surface area contributed by atoms with Gasteiger partial charge in [-0.15, -0.1) is 0 Å². The number of hydrogen-bond acceptors (Lipinski definition) is 8. The quantitative estimate of drug-likeness (QED) is 0.337. The lowest BCUT2D eigenvalue weighted by atomic mass is 10.3. The van der Waals surface area contributed by atoms with E-state index in [0.717, 1.165) is 16.8 Å². The fourth-order valence-corrected chi connectivity index (χ4v) is 3.19. The van der Waals surface area contributed by atoms with E-state index in [2.05, 4.69) is 5.43 Å². The molecular weight excluding hydrogens is 394 g/mol. The number of benzene rings is 1. The lowest BCUT2D eigenvalue weighted by Crippen LogP contribution is -2.46. The molecule has 0 saturated carbocycles. The van der Waals surface area contributed by atoms with Crippen molar-refractivity contribution in [3.8, 4) is 5.75 Å². The molecule has 2 amide bonds. The number of nitro groups is 1. The zero-order valence-corrected chi connectivity index (χ0v) is 15.1. The predicted molar refractivity (Wildman–Crippen MR) is 100 cm³/mol. The highest BCUT2D eigenvalue weighted by molar-refractivity contribution is 8.26. The molecule has 1 aromatic carbocycles. The van der Waals surface area contributed by atoms with Crippen LogP contribution in [0.4, 0.5) is 5.88 Å². The Morgan fingerprint density at radius 1 is 1.33 bits per heavy atom. The number of thiocarbonyl (C=S) groups is 1. The minimum absolute atomic E-state index is 0.111. The molecule has 11 heteroatoms. The van der Waals surface area contributed by atoms with Gasteiger partial charge < -0.3 is 9.15 Å². The van der Waals surface area contributed by atoms with Gasteiger partial charge in [0.05, 0.1) is 11.0 Å². The summed E-state index contributed by atoms with van der Waals surface area (Å²) >= 11 is 6.02. The minimum Gasteiger partial charge on any atom is -0.484 e. The molecule has 3 rings (SSSR count). The maximum Gasteiger partial charge on any atom is 0.433 e. The van der Waals surface area contributed by atoms with Gasteiger partial charge in [0.25, 0.3) is 11.8 Å². The molecule has 138 valence electrons. The summed E-state index contributed by atoms with van der Waals surface area (Å²) in [7, 11) is 0. The number of rotatable bonds is 6. The highest BCUT2D eigenvalue weighted by atomic mass is 32.2. The molecule has 0 bridgehead atoms. The van der Waals surface area contributed by atoms with Crippen molar-refractivity contribution in [3.05, 3.63) is 63.2 Å². The Balaban J connectivity index is 1.62. The Morgan fingerprint density at radius 3 is 2.74 bits per heavy atom. The molecule has 0 unspecified atom stereocenters. The largest absolute Gasteiger partial charge is 0.484 e. The first-order valence-corrected chi connectivity index (χ1v) is 8.66. The summed E-state index contributed by atoms with van der Waals surface area (Å²) in [6.45, 7) is -0.301. The van der Waals surface area contributed by atoms with Gasteiger partial charge in [0.15, 0.2) is 10.9 Å². The van der Waals surface area contributed by atoms with Crippen LogP contribution >= 0.6 is 24.0 Å². The van der Waals surface area contributed by atoms with Crippen LogP contribution in [0.3, 0.4) is 0 Å². The highest BCUT2D eigenvalue weighted by Crippen LogP contribution is 2.32. The summed E-state index contributed by atoms with van der Waals surface area (Å²) < 4.78 is 10.4. The lowest BCUT2D eigenvalue weighted by molar-refractivity contribution is -0.402. The number of carbonyl (C=O) groups is 2. The van der Waals surface area contributed by atoms with Gasteiger partial charge in [0.2, 0.25) is 0 Å². The van der Waals surface area contributed by atoms with E-state index >= 15 is 0 Å². The first kappa shape index (κ1) is 18.6. The van der Waals surface area contributed by atoms with Crippen molar-refractivity contribution in [2.45, 2.75) is 0 Å². The van der Waals surface area contributed by atoms with E-state index in [0.29, 0.717) is 5.75 Å². The van der Waals surface area contributed by atoms with Gasteiger partial charge in [-0.1, -0.05) is 30.0 Å². The second-order valence-electron chi connectivity index (χ2n) is 5.09. The summed E-state index contributed by atoms with van der Waals surface area (Å²) in [4.78, 5) is 34.5. The predicted octanol–water partition coefficient (Wildman–Crippen LogP) is 2.50. The standard InChI is InChI=1S/C16H11N3O6S2/c20-13(9-24-10-4-2-1-3-5-10)17-18-15(21)12(27-16(18)26)8-11-6-7-14(25-11)19(22)23/h1-8H,9H2,(H,17,20)/b12-8-. The van der Waals surface area contributed by atoms with Gasteiger partial charge in [-0.25, -0.2) is 0 Å². The summed E-state index contributed by atoms with van der Waals surface area (Å²) in [5.41, 5.74) is 2.37. The van der Waals surface area contributed by atoms with Gasteiger partial charge in [-0.3, -0.25) is 25.1 Å². The van der Waals surface area contributed by atoms with Crippen LogP contribution in [0, 0.1) is 10.1 Å².